The Morgan fingerprint density at radius 2 is 2.00 bits per heavy atom. The molecule has 4 rings (SSSR count). The van der Waals surface area contributed by atoms with E-state index in [1.165, 1.54) is 25.0 Å². The Labute approximate surface area is 153 Å². The molecule has 0 unspecified atom stereocenters. The summed E-state index contributed by atoms with van der Waals surface area (Å²) < 4.78 is 5.87. The van der Waals surface area contributed by atoms with Gasteiger partial charge < -0.3 is 9.64 Å². The monoisotopic (exact) mass is 358 g/mol. The number of piperidine rings is 1. The molecule has 5 nitrogen and oxygen atoms in total. The van der Waals surface area contributed by atoms with Gasteiger partial charge in [0.05, 0.1) is 6.61 Å². The molecular formula is C19H23ClN4O. The molecule has 0 N–H and O–H groups in total. The first kappa shape index (κ1) is 16.6. The van der Waals surface area contributed by atoms with Crippen LogP contribution in [0.15, 0.2) is 30.9 Å². The quantitative estimate of drug-likeness (QED) is 0.805. The molecule has 132 valence electrons. The minimum Gasteiger partial charge on any atom is -0.492 e. The second kappa shape index (κ2) is 7.56. The standard InChI is InChI=1S/C19H23ClN4O/c20-16-11-21-7-4-18(16)25-12-14-5-8-24(9-6-14)19-10-17(22-13-23-19)15-2-1-3-15/h4,7,10-11,13-15H,1-3,5-6,8-9,12H2. The van der Waals surface area contributed by atoms with Crippen molar-refractivity contribution in [3.05, 3.63) is 41.6 Å². The molecule has 25 heavy (non-hydrogen) atoms. The summed E-state index contributed by atoms with van der Waals surface area (Å²) in [6.45, 7) is 2.73. The normalized spacial score (nSPS) is 18.8. The molecule has 0 atom stereocenters. The fourth-order valence-electron chi connectivity index (χ4n) is 3.48. The van der Waals surface area contributed by atoms with Crippen LogP contribution < -0.4 is 9.64 Å². The second-order valence-corrected chi connectivity index (χ2v) is 7.38. The van der Waals surface area contributed by atoms with Crippen molar-refractivity contribution in [2.24, 2.45) is 5.92 Å². The van der Waals surface area contributed by atoms with Crippen LogP contribution in [0.2, 0.25) is 5.02 Å². The molecule has 0 spiro atoms. The van der Waals surface area contributed by atoms with E-state index in [0.717, 1.165) is 37.5 Å². The Hall–Kier alpha value is -1.88. The molecule has 1 aliphatic heterocycles. The average molecular weight is 359 g/mol. The van der Waals surface area contributed by atoms with Crippen molar-refractivity contribution in [2.45, 2.75) is 38.0 Å². The summed E-state index contributed by atoms with van der Waals surface area (Å²) in [5.74, 6) is 3.00. The van der Waals surface area contributed by atoms with E-state index in [4.69, 9.17) is 16.3 Å². The SMILES string of the molecule is Clc1cnccc1OCC1CCN(c2cc(C3CCC3)ncn2)CC1. The number of nitrogens with zero attached hydrogens (tertiary/aromatic N) is 4. The van der Waals surface area contributed by atoms with Gasteiger partial charge in [0, 0.05) is 49.2 Å². The lowest BCUT2D eigenvalue weighted by Gasteiger charge is -2.33. The Morgan fingerprint density at radius 1 is 1.16 bits per heavy atom. The average Bonchev–Trinajstić information content (AvgIpc) is 2.60. The Balaban J connectivity index is 1.30. The maximum Gasteiger partial charge on any atom is 0.141 e. The first-order chi connectivity index (χ1) is 12.3. The van der Waals surface area contributed by atoms with Crippen LogP contribution >= 0.6 is 11.6 Å². The van der Waals surface area contributed by atoms with Gasteiger partial charge in [0.1, 0.15) is 22.9 Å². The molecule has 1 saturated heterocycles. The zero-order valence-corrected chi connectivity index (χ0v) is 15.0. The smallest absolute Gasteiger partial charge is 0.141 e. The highest BCUT2D eigenvalue weighted by Gasteiger charge is 2.24. The molecule has 6 heteroatoms. The molecule has 1 aliphatic carbocycles. The fourth-order valence-corrected chi connectivity index (χ4v) is 3.65. The minimum atomic E-state index is 0.549. The van der Waals surface area contributed by atoms with Crippen LogP contribution in [0, 0.1) is 5.92 Å². The van der Waals surface area contributed by atoms with Gasteiger partial charge in [0.15, 0.2) is 0 Å². The van der Waals surface area contributed by atoms with E-state index in [1.807, 2.05) is 6.07 Å². The predicted molar refractivity (Wildman–Crippen MR) is 98.3 cm³/mol. The molecule has 0 amide bonds. The highest BCUT2D eigenvalue weighted by molar-refractivity contribution is 6.31. The molecule has 1 saturated carbocycles. The molecule has 3 heterocycles. The Morgan fingerprint density at radius 3 is 2.72 bits per heavy atom. The number of pyridine rings is 1. The molecule has 2 fully saturated rings. The van der Waals surface area contributed by atoms with E-state index < -0.39 is 0 Å². The van der Waals surface area contributed by atoms with E-state index >= 15 is 0 Å². The molecule has 2 aromatic rings. The lowest BCUT2D eigenvalue weighted by molar-refractivity contribution is 0.222. The maximum atomic E-state index is 6.09. The largest absolute Gasteiger partial charge is 0.492 e. The van der Waals surface area contributed by atoms with E-state index in [1.54, 1.807) is 18.7 Å². The van der Waals surface area contributed by atoms with Gasteiger partial charge in [-0.15, -0.1) is 0 Å². The van der Waals surface area contributed by atoms with Crippen LogP contribution in [0.4, 0.5) is 5.82 Å². The van der Waals surface area contributed by atoms with Gasteiger partial charge in [-0.25, -0.2) is 9.97 Å². The highest BCUT2D eigenvalue weighted by Crippen LogP contribution is 2.36. The number of anilines is 1. The van der Waals surface area contributed by atoms with Crippen LogP contribution in [0.3, 0.4) is 0 Å². The van der Waals surface area contributed by atoms with Gasteiger partial charge >= 0.3 is 0 Å². The number of aromatic nitrogens is 3. The number of rotatable bonds is 5. The van der Waals surface area contributed by atoms with Crippen molar-refractivity contribution in [2.75, 3.05) is 24.6 Å². The zero-order valence-electron chi connectivity index (χ0n) is 14.3. The van der Waals surface area contributed by atoms with Crippen molar-refractivity contribution >= 4 is 17.4 Å². The molecular weight excluding hydrogens is 336 g/mol. The van der Waals surface area contributed by atoms with Gasteiger partial charge in [0.25, 0.3) is 0 Å². The third kappa shape index (κ3) is 3.87. The van der Waals surface area contributed by atoms with Gasteiger partial charge in [-0.05, 0) is 31.6 Å². The summed E-state index contributed by atoms with van der Waals surface area (Å²) in [6, 6.07) is 4.01. The topological polar surface area (TPSA) is 51.1 Å². The van der Waals surface area contributed by atoms with Crippen LogP contribution in [0.25, 0.3) is 0 Å². The van der Waals surface area contributed by atoms with Crippen molar-refractivity contribution in [1.29, 1.82) is 0 Å². The van der Waals surface area contributed by atoms with Crippen molar-refractivity contribution < 1.29 is 4.74 Å². The summed E-state index contributed by atoms with van der Waals surface area (Å²) in [4.78, 5) is 15.3. The Bertz CT molecular complexity index is 714. The molecule has 0 bridgehead atoms. The molecule has 0 aromatic carbocycles. The van der Waals surface area contributed by atoms with E-state index in [2.05, 4.69) is 25.9 Å². The first-order valence-corrected chi connectivity index (χ1v) is 9.46. The minimum absolute atomic E-state index is 0.549. The van der Waals surface area contributed by atoms with Crippen LogP contribution in [-0.4, -0.2) is 34.6 Å². The third-order valence-electron chi connectivity index (χ3n) is 5.35. The predicted octanol–water partition coefficient (Wildman–Crippen LogP) is 4.09. The maximum absolute atomic E-state index is 6.09. The molecule has 2 aromatic heterocycles. The van der Waals surface area contributed by atoms with E-state index in [-0.39, 0.29) is 0 Å². The van der Waals surface area contributed by atoms with Crippen LogP contribution in [0.1, 0.15) is 43.7 Å². The lowest BCUT2D eigenvalue weighted by atomic mass is 9.83. The van der Waals surface area contributed by atoms with Gasteiger partial charge in [-0.2, -0.15) is 0 Å². The first-order valence-electron chi connectivity index (χ1n) is 9.09. The second-order valence-electron chi connectivity index (χ2n) is 6.98. The summed E-state index contributed by atoms with van der Waals surface area (Å²) in [7, 11) is 0. The summed E-state index contributed by atoms with van der Waals surface area (Å²) in [6.07, 6.45) is 11.1. The van der Waals surface area contributed by atoms with E-state index in [0.29, 0.717) is 23.5 Å². The summed E-state index contributed by atoms with van der Waals surface area (Å²) in [5, 5.41) is 0.574. The lowest BCUT2D eigenvalue weighted by Crippen LogP contribution is -2.36. The van der Waals surface area contributed by atoms with Gasteiger partial charge in [-0.3, -0.25) is 4.98 Å². The number of ether oxygens (including phenoxy) is 1. The van der Waals surface area contributed by atoms with Crippen LogP contribution in [0.5, 0.6) is 5.75 Å². The number of halogens is 1. The molecule has 0 radical (unpaired) electrons. The van der Waals surface area contributed by atoms with Crippen molar-refractivity contribution in [3.8, 4) is 5.75 Å². The van der Waals surface area contributed by atoms with Gasteiger partial charge in [-0.1, -0.05) is 18.0 Å². The fraction of sp³-hybridized carbons (Fsp3) is 0.526. The number of hydrogen-bond donors (Lipinski definition) is 0. The summed E-state index contributed by atoms with van der Waals surface area (Å²) >= 11 is 6.09. The third-order valence-corrected chi connectivity index (χ3v) is 5.63. The van der Waals surface area contributed by atoms with Crippen molar-refractivity contribution in [3.63, 3.8) is 0 Å². The van der Waals surface area contributed by atoms with E-state index in [9.17, 15) is 0 Å². The van der Waals surface area contributed by atoms with Crippen molar-refractivity contribution in [1.82, 2.24) is 15.0 Å². The highest BCUT2D eigenvalue weighted by atomic mass is 35.5. The van der Waals surface area contributed by atoms with Gasteiger partial charge in [0.2, 0.25) is 0 Å². The molecule has 2 aliphatic rings. The Kier molecular flexibility index (Phi) is 5.02. The van der Waals surface area contributed by atoms with Crippen LogP contribution in [-0.2, 0) is 0 Å². The zero-order chi connectivity index (χ0) is 17.1. The number of hydrogen-bond acceptors (Lipinski definition) is 5. The summed E-state index contributed by atoms with van der Waals surface area (Å²) in [5.41, 5.74) is 1.22.